The van der Waals surface area contributed by atoms with Crippen molar-refractivity contribution in [1.82, 2.24) is 9.88 Å². The lowest BCUT2D eigenvalue weighted by Gasteiger charge is -2.25. The van der Waals surface area contributed by atoms with Crippen LogP contribution in [0.2, 0.25) is 5.02 Å². The highest BCUT2D eigenvalue weighted by Crippen LogP contribution is 2.33. The monoisotopic (exact) mass is 466 g/mol. The van der Waals surface area contributed by atoms with E-state index in [2.05, 4.69) is 18.7 Å². The van der Waals surface area contributed by atoms with Gasteiger partial charge in [-0.3, -0.25) is 9.69 Å². The fourth-order valence-electron chi connectivity index (χ4n) is 3.14. The zero-order chi connectivity index (χ0) is 21.0. The Hall–Kier alpha value is -1.86. The summed E-state index contributed by atoms with van der Waals surface area (Å²) in [6.07, 6.45) is 0. The van der Waals surface area contributed by atoms with Gasteiger partial charge in [0, 0.05) is 38.4 Å². The largest absolute Gasteiger partial charge is 0.378 e. The van der Waals surface area contributed by atoms with Crippen LogP contribution in [-0.4, -0.2) is 56.1 Å². The van der Waals surface area contributed by atoms with Crippen LogP contribution in [0, 0.1) is 0 Å². The number of thiazole rings is 1. The van der Waals surface area contributed by atoms with Crippen LogP contribution in [0.15, 0.2) is 42.5 Å². The maximum Gasteiger partial charge on any atom is 0.260 e. The molecule has 0 fully saturated rings. The molecule has 0 aliphatic carbocycles. The summed E-state index contributed by atoms with van der Waals surface area (Å²) in [7, 11) is 3.97. The average Bonchev–Trinajstić information content (AvgIpc) is 3.16. The van der Waals surface area contributed by atoms with Crippen LogP contribution in [-0.2, 0) is 0 Å². The number of halogens is 2. The molecule has 2 aromatic carbocycles. The van der Waals surface area contributed by atoms with Crippen LogP contribution in [0.5, 0.6) is 0 Å². The molecule has 5 nitrogen and oxygen atoms in total. The second-order valence-electron chi connectivity index (χ2n) is 7.01. The number of anilines is 2. The summed E-state index contributed by atoms with van der Waals surface area (Å²) in [4.78, 5) is 24.2. The third kappa shape index (κ3) is 5.43. The van der Waals surface area contributed by atoms with E-state index in [1.54, 1.807) is 4.90 Å². The summed E-state index contributed by atoms with van der Waals surface area (Å²) in [6, 6.07) is 13.4. The van der Waals surface area contributed by atoms with E-state index < -0.39 is 0 Å². The summed E-state index contributed by atoms with van der Waals surface area (Å²) in [5, 5.41) is 1.29. The summed E-state index contributed by atoms with van der Waals surface area (Å²) in [5.41, 5.74) is 2.46. The van der Waals surface area contributed by atoms with Gasteiger partial charge in [0.25, 0.3) is 5.91 Å². The first-order valence-corrected chi connectivity index (χ1v) is 11.0. The zero-order valence-corrected chi connectivity index (χ0v) is 20.2. The van der Waals surface area contributed by atoms with Crippen molar-refractivity contribution in [3.63, 3.8) is 0 Å². The summed E-state index contributed by atoms with van der Waals surface area (Å²) in [5.74, 6) is -0.0439. The molecule has 1 amide bonds. The molecule has 3 rings (SSSR count). The Bertz CT molecular complexity index is 971. The standard InChI is InChI=1S/C22H27ClN4OS.ClH/c1-5-26(6-2)14-15-27(21(28)16-10-12-17(13-11-16)25(3)4)22-24-20-18(23)8-7-9-19(20)29-22;/h7-13H,5-6,14-15H2,1-4H3;1H. The van der Waals surface area contributed by atoms with E-state index in [0.29, 0.717) is 22.3 Å². The number of carbonyl (C=O) groups is 1. The van der Waals surface area contributed by atoms with Gasteiger partial charge in [0.1, 0.15) is 5.52 Å². The fourth-order valence-corrected chi connectivity index (χ4v) is 4.43. The molecule has 0 N–H and O–H groups in total. The molecule has 1 heterocycles. The van der Waals surface area contributed by atoms with Gasteiger partial charge in [0.2, 0.25) is 0 Å². The number of likely N-dealkylation sites (N-methyl/N-ethyl adjacent to an activating group) is 1. The van der Waals surface area contributed by atoms with Gasteiger partial charge in [-0.05, 0) is 49.5 Å². The smallest absolute Gasteiger partial charge is 0.260 e. The van der Waals surface area contributed by atoms with Gasteiger partial charge >= 0.3 is 0 Å². The molecule has 0 saturated heterocycles. The molecule has 0 aliphatic heterocycles. The van der Waals surface area contributed by atoms with Crippen molar-refractivity contribution in [2.24, 2.45) is 0 Å². The van der Waals surface area contributed by atoms with Gasteiger partial charge in [-0.1, -0.05) is 42.9 Å². The highest BCUT2D eigenvalue weighted by molar-refractivity contribution is 7.22. The second kappa shape index (κ2) is 11.0. The minimum Gasteiger partial charge on any atom is -0.378 e. The van der Waals surface area contributed by atoms with E-state index in [9.17, 15) is 4.79 Å². The lowest BCUT2D eigenvalue weighted by molar-refractivity contribution is 0.0984. The van der Waals surface area contributed by atoms with E-state index in [1.165, 1.54) is 11.3 Å². The summed E-state index contributed by atoms with van der Waals surface area (Å²) < 4.78 is 0.982. The molecule has 0 spiro atoms. The van der Waals surface area contributed by atoms with Crippen molar-refractivity contribution >= 4 is 62.3 Å². The normalized spacial score (nSPS) is 10.9. The van der Waals surface area contributed by atoms with Crippen molar-refractivity contribution in [2.45, 2.75) is 13.8 Å². The van der Waals surface area contributed by atoms with E-state index in [-0.39, 0.29) is 18.3 Å². The van der Waals surface area contributed by atoms with Crippen molar-refractivity contribution in [1.29, 1.82) is 0 Å². The van der Waals surface area contributed by atoms with Crippen LogP contribution < -0.4 is 9.80 Å². The molecule has 1 aromatic heterocycles. The topological polar surface area (TPSA) is 39.7 Å². The molecule has 30 heavy (non-hydrogen) atoms. The fraction of sp³-hybridized carbons (Fsp3) is 0.364. The number of hydrogen-bond donors (Lipinski definition) is 0. The number of fused-ring (bicyclic) bond motifs is 1. The van der Waals surface area contributed by atoms with Gasteiger partial charge in [-0.15, -0.1) is 12.4 Å². The molecular weight excluding hydrogens is 439 g/mol. The lowest BCUT2D eigenvalue weighted by atomic mass is 10.1. The number of carbonyl (C=O) groups excluding carboxylic acids is 1. The van der Waals surface area contributed by atoms with E-state index in [0.717, 1.165) is 35.5 Å². The quantitative estimate of drug-likeness (QED) is 0.443. The molecule has 3 aromatic rings. The molecule has 0 saturated carbocycles. The molecule has 0 atom stereocenters. The van der Waals surface area contributed by atoms with Gasteiger partial charge in [0.05, 0.1) is 9.72 Å². The van der Waals surface area contributed by atoms with Crippen LogP contribution in [0.4, 0.5) is 10.8 Å². The molecule has 0 radical (unpaired) electrons. The third-order valence-electron chi connectivity index (χ3n) is 5.00. The first kappa shape index (κ1) is 24.4. The van der Waals surface area contributed by atoms with E-state index in [4.69, 9.17) is 16.6 Å². The number of benzene rings is 2. The van der Waals surface area contributed by atoms with Crippen LogP contribution in [0.25, 0.3) is 10.2 Å². The predicted molar refractivity (Wildman–Crippen MR) is 132 cm³/mol. The molecule has 0 bridgehead atoms. The zero-order valence-electron chi connectivity index (χ0n) is 17.8. The number of para-hydroxylation sites is 1. The molecule has 0 aliphatic rings. The SMILES string of the molecule is CCN(CC)CCN(C(=O)c1ccc(N(C)C)cc1)c1nc2c(Cl)cccc2s1.Cl. The predicted octanol–water partition coefficient (Wildman–Crippen LogP) is 5.43. The molecular formula is C22H28Cl2N4OS. The van der Waals surface area contributed by atoms with Gasteiger partial charge in [-0.25, -0.2) is 4.98 Å². The molecule has 162 valence electrons. The number of hydrogen-bond acceptors (Lipinski definition) is 5. The second-order valence-corrected chi connectivity index (χ2v) is 8.42. The Morgan fingerprint density at radius 1 is 1.03 bits per heavy atom. The number of nitrogens with zero attached hydrogens (tertiary/aromatic N) is 4. The van der Waals surface area contributed by atoms with E-state index in [1.807, 2.05) is 61.5 Å². The lowest BCUT2D eigenvalue weighted by Crippen LogP contribution is -2.38. The minimum atomic E-state index is -0.0439. The van der Waals surface area contributed by atoms with Crippen molar-refractivity contribution in [2.75, 3.05) is 50.1 Å². The average molecular weight is 467 g/mol. The van der Waals surface area contributed by atoms with E-state index >= 15 is 0 Å². The first-order chi connectivity index (χ1) is 13.9. The maximum atomic E-state index is 13.4. The van der Waals surface area contributed by atoms with Crippen molar-refractivity contribution in [3.05, 3.63) is 53.1 Å². The van der Waals surface area contributed by atoms with Crippen LogP contribution in [0.1, 0.15) is 24.2 Å². The van der Waals surface area contributed by atoms with Gasteiger partial charge in [0.15, 0.2) is 5.13 Å². The Kier molecular flexibility index (Phi) is 8.92. The number of amides is 1. The summed E-state index contributed by atoms with van der Waals surface area (Å²) >= 11 is 7.82. The Labute approximate surface area is 193 Å². The molecule has 0 unspecified atom stereocenters. The Balaban J connectivity index is 0.00000320. The molecule has 8 heteroatoms. The van der Waals surface area contributed by atoms with Crippen molar-refractivity contribution < 1.29 is 4.79 Å². The van der Waals surface area contributed by atoms with Gasteiger partial charge in [-0.2, -0.15) is 0 Å². The highest BCUT2D eigenvalue weighted by atomic mass is 35.5. The van der Waals surface area contributed by atoms with Crippen LogP contribution in [0.3, 0.4) is 0 Å². The van der Waals surface area contributed by atoms with Crippen molar-refractivity contribution in [3.8, 4) is 0 Å². The minimum absolute atomic E-state index is 0. The number of aromatic nitrogens is 1. The Morgan fingerprint density at radius 2 is 1.70 bits per heavy atom. The third-order valence-corrected chi connectivity index (χ3v) is 6.35. The first-order valence-electron chi connectivity index (χ1n) is 9.81. The highest BCUT2D eigenvalue weighted by Gasteiger charge is 2.22. The van der Waals surface area contributed by atoms with Gasteiger partial charge < -0.3 is 9.80 Å². The van der Waals surface area contributed by atoms with Crippen LogP contribution >= 0.6 is 35.3 Å². The Morgan fingerprint density at radius 3 is 2.27 bits per heavy atom. The summed E-state index contributed by atoms with van der Waals surface area (Å²) in [6.45, 7) is 7.52. The maximum absolute atomic E-state index is 13.4. The number of rotatable bonds is 8.